The Morgan fingerprint density at radius 3 is 1.39 bits per heavy atom. The molecule has 69 heavy (non-hydrogen) atoms. The number of fused-ring (bicyclic) bond motifs is 4. The fraction of sp³-hybridized carbons (Fsp3) is 0.0536. The van der Waals surface area contributed by atoms with E-state index in [9.17, 15) is 26.3 Å². The van der Waals surface area contributed by atoms with Gasteiger partial charge in [-0.1, -0.05) is 61.0 Å². The maximum absolute atomic E-state index is 15.6. The molecule has 9 aromatic carbocycles. The van der Waals surface area contributed by atoms with Crippen LogP contribution in [0.2, 0.25) is 13.1 Å². The van der Waals surface area contributed by atoms with E-state index in [-0.39, 0.29) is 74.3 Å². The van der Waals surface area contributed by atoms with E-state index in [0.29, 0.717) is 10.8 Å². The van der Waals surface area contributed by atoms with Crippen molar-refractivity contribution in [3.63, 3.8) is 0 Å². The predicted octanol–water partition coefficient (Wildman–Crippen LogP) is 15.8. The number of halogens is 10. The Morgan fingerprint density at radius 2 is 0.855 bits per heavy atom. The van der Waals surface area contributed by atoms with E-state index in [1.54, 1.807) is 43.4 Å². The van der Waals surface area contributed by atoms with Crippen LogP contribution in [-0.4, -0.2) is 27.0 Å². The van der Waals surface area contributed by atoms with Crippen LogP contribution in [0.1, 0.15) is 22.3 Å². The van der Waals surface area contributed by atoms with Crippen molar-refractivity contribution in [1.82, 2.24) is 0 Å². The molecule has 0 aromatic heterocycles. The average molecular weight is 1030 g/mol. The first kappa shape index (κ1) is 52.2. The third-order valence-electron chi connectivity index (χ3n) is 11.7. The standard InChI is InChI=1S/C34H16BF10Si.C20H15.2CH3.Zr/c1-46(2)12-18-21(23-27(38)31(42)34(45)32(43)28(23)39)20-17(24(18)35)11-10-16(22-25(36)29(40)33(44)30(41)26(22)37)19(20)15-9-5-7-13-6-3-4-8-14(13)15;1-14-12-16-8-5-11-19(20(16)13-14)18-10-4-7-15-6-2-3-9-17(15)18;;;/h3-12H,1-2H3;2-13H,1H3;2*1H3;/q;3*-1;+3. The molecule has 0 spiro atoms. The Kier molecular flexibility index (Phi) is 15.5. The maximum atomic E-state index is 15.6. The van der Waals surface area contributed by atoms with Gasteiger partial charge in [0.2, 0.25) is 0 Å². The van der Waals surface area contributed by atoms with Gasteiger partial charge in [-0.3, -0.25) is 0 Å². The molecule has 10 rings (SSSR count). The summed E-state index contributed by atoms with van der Waals surface area (Å²) in [5.41, 5.74) is 0.659. The molecule has 0 heterocycles. The first-order valence-corrected chi connectivity index (χ1v) is 23.0. The predicted molar refractivity (Wildman–Crippen MR) is 260 cm³/mol. The van der Waals surface area contributed by atoms with Crippen LogP contribution in [0.3, 0.4) is 0 Å². The number of rotatable bonds is 5. The van der Waals surface area contributed by atoms with Gasteiger partial charge < -0.3 is 14.9 Å². The van der Waals surface area contributed by atoms with Gasteiger partial charge in [0, 0.05) is 0 Å². The van der Waals surface area contributed by atoms with Crippen molar-refractivity contribution in [3.8, 4) is 33.4 Å². The minimum Gasteiger partial charge on any atom is -0.358 e. The second-order valence-corrected chi connectivity index (χ2v) is 18.6. The van der Waals surface area contributed by atoms with Crippen LogP contribution < -0.4 is 0 Å². The van der Waals surface area contributed by atoms with Crippen LogP contribution in [0.4, 0.5) is 43.9 Å². The van der Waals surface area contributed by atoms with Crippen LogP contribution >= 0.6 is 0 Å². The molecule has 0 N–H and O–H groups in total. The van der Waals surface area contributed by atoms with E-state index in [1.807, 2.05) is 0 Å². The van der Waals surface area contributed by atoms with Gasteiger partial charge in [-0.2, -0.15) is 6.07 Å². The molecule has 0 nitrogen and oxygen atoms in total. The summed E-state index contributed by atoms with van der Waals surface area (Å²) in [4.78, 5) is 0. The van der Waals surface area contributed by atoms with Crippen LogP contribution in [-0.2, 0) is 26.2 Å². The van der Waals surface area contributed by atoms with Gasteiger partial charge in [0.15, 0.2) is 0 Å². The molecule has 0 unspecified atom stereocenters. The molecule has 0 fully saturated rings. The molecule has 1 aliphatic carbocycles. The van der Waals surface area contributed by atoms with Crippen molar-refractivity contribution in [2.75, 3.05) is 0 Å². The summed E-state index contributed by atoms with van der Waals surface area (Å²) in [5, 5.41) is 6.20. The maximum Gasteiger partial charge on any atom is 3.00 e. The van der Waals surface area contributed by atoms with E-state index in [0.717, 1.165) is 12.1 Å². The Labute approximate surface area is 414 Å². The molecule has 1 aliphatic rings. The Morgan fingerprint density at radius 1 is 0.435 bits per heavy atom. The van der Waals surface area contributed by atoms with Gasteiger partial charge in [0.1, 0.15) is 0 Å². The second kappa shape index (κ2) is 20.4. The molecule has 9 aromatic rings. The van der Waals surface area contributed by atoms with E-state index >= 15 is 17.6 Å². The van der Waals surface area contributed by atoms with Crippen molar-refractivity contribution in [1.29, 1.82) is 0 Å². The number of benzene rings is 8. The Balaban J connectivity index is 0.000000284. The molecule has 0 amide bonds. The summed E-state index contributed by atoms with van der Waals surface area (Å²) in [6.07, 6.45) is 0. The van der Waals surface area contributed by atoms with Crippen LogP contribution in [0.25, 0.3) is 71.3 Å². The molecule has 0 aliphatic heterocycles. The molecular weight excluding hydrogens is 993 g/mol. The second-order valence-electron chi connectivity index (χ2n) is 16.1. The van der Waals surface area contributed by atoms with E-state index < -0.39 is 88.8 Å². The Hall–Kier alpha value is -6.17. The van der Waals surface area contributed by atoms with Crippen molar-refractivity contribution < 1.29 is 70.1 Å². The Bertz CT molecular complexity index is 3540. The third kappa shape index (κ3) is 8.78. The summed E-state index contributed by atoms with van der Waals surface area (Å²) in [6.45, 7) is 5.65. The van der Waals surface area contributed by atoms with Crippen LogP contribution in [0, 0.1) is 79.9 Å². The van der Waals surface area contributed by atoms with Gasteiger partial charge in [-0.25, -0.2) is 0 Å². The molecular formula is C56H37BF10SiZr. The van der Waals surface area contributed by atoms with Crippen molar-refractivity contribution >= 4 is 64.9 Å². The van der Waals surface area contributed by atoms with Crippen LogP contribution in [0.15, 0.2) is 133 Å². The number of hydrogen-bond donors (Lipinski definition) is 0. The third-order valence-corrected chi connectivity index (χ3v) is 12.6. The zero-order chi connectivity index (χ0) is 46.9. The van der Waals surface area contributed by atoms with Gasteiger partial charge in [0.05, 0.1) is 0 Å². The quantitative estimate of drug-likeness (QED) is 0.0530. The fourth-order valence-corrected chi connectivity index (χ4v) is 9.75. The zero-order valence-electron chi connectivity index (χ0n) is 37.6. The average Bonchev–Trinajstić information content (AvgIpc) is 3.84. The largest absolute Gasteiger partial charge is 3.00 e. The minimum absolute atomic E-state index is 0. The SMILES string of the molecule is Cc1cc2c(-c3cccc4ccccc34)cccc2[cH-]1.[B]=C1C(C=[Si](C)C)=C(c2c(F)c(F)c(F)c(F)c2F)c2c1ccc(-c1c(F)c(F)c(F)c(F)c1F)c2-c1cccc2ccccc12.[CH3-].[CH3-].[Zr+3]. The van der Waals surface area contributed by atoms with E-state index in [4.69, 9.17) is 7.49 Å². The molecule has 0 bridgehead atoms. The molecule has 2 radical (unpaired) electrons. The van der Waals surface area contributed by atoms with Gasteiger partial charge >= 0.3 is 284 Å². The molecule has 342 valence electrons. The fourth-order valence-electron chi connectivity index (χ4n) is 8.88. The number of hydrogen-bond acceptors (Lipinski definition) is 0. The molecule has 13 heteroatoms. The summed E-state index contributed by atoms with van der Waals surface area (Å²) in [6, 6.07) is 39.5. The first-order chi connectivity index (χ1) is 31.6. The summed E-state index contributed by atoms with van der Waals surface area (Å²) < 4.78 is 149. The molecule has 0 saturated carbocycles. The van der Waals surface area contributed by atoms with Gasteiger partial charge in [-0.15, -0.1) is 34.5 Å². The van der Waals surface area contributed by atoms with Crippen LogP contribution in [0.5, 0.6) is 0 Å². The van der Waals surface area contributed by atoms with Crippen molar-refractivity contribution in [2.45, 2.75) is 20.0 Å². The summed E-state index contributed by atoms with van der Waals surface area (Å²) in [7, 11) is 4.96. The van der Waals surface area contributed by atoms with Crippen molar-refractivity contribution in [3.05, 3.63) is 228 Å². The zero-order valence-corrected chi connectivity index (χ0v) is 41.0. The topological polar surface area (TPSA) is 0 Å². The van der Waals surface area contributed by atoms with E-state index in [1.165, 1.54) is 56.0 Å². The van der Waals surface area contributed by atoms with Gasteiger partial charge in [0.25, 0.3) is 0 Å². The molecule has 0 atom stereocenters. The van der Waals surface area contributed by atoms with E-state index in [2.05, 4.69) is 79.7 Å². The normalized spacial score (nSPS) is 11.7. The monoisotopic (exact) mass is 1030 g/mol. The molecule has 0 saturated heterocycles. The van der Waals surface area contributed by atoms with Crippen molar-refractivity contribution in [2.24, 2.45) is 0 Å². The van der Waals surface area contributed by atoms with Gasteiger partial charge in [-0.05, 0) is 16.3 Å². The number of aryl methyl sites for hydroxylation is 1. The first-order valence-electron chi connectivity index (χ1n) is 20.5. The smallest absolute Gasteiger partial charge is 0.358 e. The minimum atomic E-state index is -2.42. The summed E-state index contributed by atoms with van der Waals surface area (Å²) in [5.74, 6) is -22.7. The number of allylic oxidation sites excluding steroid dienone is 1. The summed E-state index contributed by atoms with van der Waals surface area (Å²) >= 11 is 0.